The summed E-state index contributed by atoms with van der Waals surface area (Å²) in [5, 5.41) is 8.85. The number of carboxylic acid groups (broad SMARTS) is 1. The van der Waals surface area contributed by atoms with Gasteiger partial charge in [-0.3, -0.25) is 0 Å². The summed E-state index contributed by atoms with van der Waals surface area (Å²) in [6, 6.07) is 3.27. The fourth-order valence-corrected chi connectivity index (χ4v) is 3.58. The minimum Gasteiger partial charge on any atom is -0.465 e. The van der Waals surface area contributed by atoms with Gasteiger partial charge >= 0.3 is 12.3 Å². The number of alkyl halides is 3. The van der Waals surface area contributed by atoms with Gasteiger partial charge in [0.15, 0.2) is 0 Å². The molecule has 0 bridgehead atoms. The molecule has 0 saturated carbocycles. The summed E-state index contributed by atoms with van der Waals surface area (Å²) in [7, 11) is -3.90. The maximum absolute atomic E-state index is 12.5. The van der Waals surface area contributed by atoms with E-state index in [1.54, 1.807) is 0 Å². The monoisotopic (exact) mass is 366 g/mol. The Morgan fingerprint density at radius 3 is 2.21 bits per heavy atom. The van der Waals surface area contributed by atoms with Gasteiger partial charge in [0, 0.05) is 19.6 Å². The van der Waals surface area contributed by atoms with Crippen LogP contribution < -0.4 is 4.72 Å². The number of sulfonamides is 1. The van der Waals surface area contributed by atoms with Crippen molar-refractivity contribution in [1.82, 2.24) is 9.62 Å². The van der Waals surface area contributed by atoms with Crippen molar-refractivity contribution in [2.24, 2.45) is 5.92 Å². The first-order valence-electron chi connectivity index (χ1n) is 7.24. The Bertz CT molecular complexity index is 681. The SMILES string of the molecule is O=C(O)N1CCC(CNS(=O)(=O)c2ccc(C(F)(F)F)cc2)CC1. The van der Waals surface area contributed by atoms with Gasteiger partial charge in [-0.05, 0) is 43.0 Å². The zero-order chi connectivity index (χ0) is 18.0. The van der Waals surface area contributed by atoms with Gasteiger partial charge in [-0.25, -0.2) is 17.9 Å². The van der Waals surface area contributed by atoms with Crippen LogP contribution in [0.1, 0.15) is 18.4 Å². The van der Waals surface area contributed by atoms with Gasteiger partial charge < -0.3 is 10.0 Å². The second-order valence-electron chi connectivity index (χ2n) is 5.59. The van der Waals surface area contributed by atoms with Gasteiger partial charge in [-0.2, -0.15) is 13.2 Å². The Balaban J connectivity index is 1.93. The maximum atomic E-state index is 12.5. The summed E-state index contributed by atoms with van der Waals surface area (Å²) >= 11 is 0. The number of likely N-dealkylation sites (tertiary alicyclic amines) is 1. The molecule has 1 aromatic rings. The maximum Gasteiger partial charge on any atom is 0.416 e. The highest BCUT2D eigenvalue weighted by molar-refractivity contribution is 7.89. The van der Waals surface area contributed by atoms with E-state index in [9.17, 15) is 26.4 Å². The number of hydrogen-bond donors (Lipinski definition) is 2. The Labute approximate surface area is 137 Å². The highest BCUT2D eigenvalue weighted by atomic mass is 32.2. The van der Waals surface area contributed by atoms with Crippen LogP contribution in [0.25, 0.3) is 0 Å². The summed E-state index contributed by atoms with van der Waals surface area (Å²) < 4.78 is 64.0. The molecule has 0 atom stereocenters. The predicted octanol–water partition coefficient (Wildman–Crippen LogP) is 2.37. The third kappa shape index (κ3) is 4.60. The molecule has 10 heteroatoms. The Kier molecular flexibility index (Phi) is 5.38. The first-order valence-corrected chi connectivity index (χ1v) is 8.73. The molecule has 1 saturated heterocycles. The summed E-state index contributed by atoms with van der Waals surface area (Å²) in [4.78, 5) is 11.8. The van der Waals surface area contributed by atoms with Gasteiger partial charge in [-0.15, -0.1) is 0 Å². The van der Waals surface area contributed by atoms with Crippen molar-refractivity contribution in [2.45, 2.75) is 23.9 Å². The lowest BCUT2D eigenvalue weighted by Crippen LogP contribution is -2.40. The van der Waals surface area contributed by atoms with Crippen LogP contribution in [0.3, 0.4) is 0 Å². The lowest BCUT2D eigenvalue weighted by molar-refractivity contribution is -0.137. The molecule has 6 nitrogen and oxygen atoms in total. The average molecular weight is 366 g/mol. The Hall–Kier alpha value is -1.81. The van der Waals surface area contributed by atoms with Crippen LogP contribution >= 0.6 is 0 Å². The normalized spacial score (nSPS) is 17.0. The number of nitrogens with one attached hydrogen (secondary N) is 1. The molecule has 2 N–H and O–H groups in total. The van der Waals surface area contributed by atoms with Crippen LogP contribution in [-0.2, 0) is 16.2 Å². The molecule has 1 amide bonds. The summed E-state index contributed by atoms with van der Waals surface area (Å²) in [5.74, 6) is -0.00942. The largest absolute Gasteiger partial charge is 0.465 e. The summed E-state index contributed by atoms with van der Waals surface area (Å²) in [5.41, 5.74) is -0.914. The number of hydrogen-bond acceptors (Lipinski definition) is 3. The molecule has 24 heavy (non-hydrogen) atoms. The minimum atomic E-state index is -4.52. The van der Waals surface area contributed by atoms with Crippen LogP contribution in [0, 0.1) is 5.92 Å². The van der Waals surface area contributed by atoms with Crippen LogP contribution in [-0.4, -0.2) is 44.2 Å². The fraction of sp³-hybridized carbons (Fsp3) is 0.500. The van der Waals surface area contributed by atoms with Crippen molar-refractivity contribution >= 4 is 16.1 Å². The third-order valence-corrected chi connectivity index (χ3v) is 5.38. The highest BCUT2D eigenvalue weighted by Crippen LogP contribution is 2.29. The van der Waals surface area contributed by atoms with Crippen molar-refractivity contribution in [3.8, 4) is 0 Å². The Morgan fingerprint density at radius 1 is 1.21 bits per heavy atom. The number of benzene rings is 1. The van der Waals surface area contributed by atoms with Crippen LogP contribution in [0.5, 0.6) is 0 Å². The smallest absolute Gasteiger partial charge is 0.416 e. The topological polar surface area (TPSA) is 86.7 Å². The summed E-state index contributed by atoms with van der Waals surface area (Å²) in [6.07, 6.45) is -4.46. The van der Waals surface area contributed by atoms with E-state index in [0.29, 0.717) is 25.9 Å². The predicted molar refractivity (Wildman–Crippen MR) is 79.0 cm³/mol. The van der Waals surface area contributed by atoms with Crippen molar-refractivity contribution < 1.29 is 31.5 Å². The molecule has 1 fully saturated rings. The number of nitrogens with zero attached hydrogens (tertiary/aromatic N) is 1. The minimum absolute atomic E-state index is 0.00942. The van der Waals surface area contributed by atoms with Crippen LogP contribution in [0.4, 0.5) is 18.0 Å². The molecule has 0 aliphatic carbocycles. The van der Waals surface area contributed by atoms with Crippen molar-refractivity contribution in [3.63, 3.8) is 0 Å². The second kappa shape index (κ2) is 6.98. The summed E-state index contributed by atoms with van der Waals surface area (Å²) in [6.45, 7) is 0.792. The van der Waals surface area contributed by atoms with E-state index in [4.69, 9.17) is 5.11 Å². The first kappa shape index (κ1) is 18.5. The molecule has 1 aromatic carbocycles. The van der Waals surface area contributed by atoms with Crippen LogP contribution in [0.2, 0.25) is 0 Å². The van der Waals surface area contributed by atoms with E-state index in [1.807, 2.05) is 0 Å². The molecule has 2 rings (SSSR count). The first-order chi connectivity index (χ1) is 11.1. The lowest BCUT2D eigenvalue weighted by Gasteiger charge is -2.29. The number of carbonyl (C=O) groups is 1. The molecule has 1 aliphatic heterocycles. The van der Waals surface area contributed by atoms with Crippen molar-refractivity contribution in [2.75, 3.05) is 19.6 Å². The Morgan fingerprint density at radius 2 is 1.75 bits per heavy atom. The van der Waals surface area contributed by atoms with Crippen LogP contribution in [0.15, 0.2) is 29.2 Å². The van der Waals surface area contributed by atoms with E-state index in [2.05, 4.69) is 4.72 Å². The lowest BCUT2D eigenvalue weighted by atomic mass is 9.97. The van der Waals surface area contributed by atoms with E-state index < -0.39 is 27.9 Å². The van der Waals surface area contributed by atoms with E-state index in [-0.39, 0.29) is 17.4 Å². The number of halogens is 3. The number of amides is 1. The van der Waals surface area contributed by atoms with Crippen molar-refractivity contribution in [3.05, 3.63) is 29.8 Å². The number of rotatable bonds is 4. The molecular formula is C14H17F3N2O4S. The third-order valence-electron chi connectivity index (χ3n) is 3.94. The van der Waals surface area contributed by atoms with Gasteiger partial charge in [-0.1, -0.05) is 0 Å². The average Bonchev–Trinajstić information content (AvgIpc) is 2.53. The molecule has 0 radical (unpaired) electrons. The standard InChI is InChI=1S/C14H17F3N2O4S/c15-14(16,17)11-1-3-12(4-2-11)24(22,23)18-9-10-5-7-19(8-6-10)13(20)21/h1-4,10,18H,5-9H2,(H,20,21). The zero-order valence-corrected chi connectivity index (χ0v) is 13.4. The molecule has 0 spiro atoms. The van der Waals surface area contributed by atoms with E-state index >= 15 is 0 Å². The molecule has 1 heterocycles. The zero-order valence-electron chi connectivity index (χ0n) is 12.6. The molecule has 134 valence electrons. The van der Waals surface area contributed by atoms with Gasteiger partial charge in [0.1, 0.15) is 0 Å². The molecule has 1 aliphatic rings. The van der Waals surface area contributed by atoms with E-state index in [1.165, 1.54) is 4.90 Å². The molecular weight excluding hydrogens is 349 g/mol. The molecule has 0 unspecified atom stereocenters. The highest BCUT2D eigenvalue weighted by Gasteiger charge is 2.31. The van der Waals surface area contributed by atoms with E-state index in [0.717, 1.165) is 24.3 Å². The van der Waals surface area contributed by atoms with Gasteiger partial charge in [0.2, 0.25) is 10.0 Å². The fourth-order valence-electron chi connectivity index (χ4n) is 2.46. The quantitative estimate of drug-likeness (QED) is 0.857. The van der Waals surface area contributed by atoms with Gasteiger partial charge in [0.05, 0.1) is 10.5 Å². The van der Waals surface area contributed by atoms with Crippen molar-refractivity contribution in [1.29, 1.82) is 0 Å². The second-order valence-corrected chi connectivity index (χ2v) is 7.35. The molecule has 0 aromatic heterocycles. The number of piperidine rings is 1. The van der Waals surface area contributed by atoms with Gasteiger partial charge in [0.25, 0.3) is 0 Å².